The lowest BCUT2D eigenvalue weighted by molar-refractivity contribution is -0.162. The van der Waals surface area contributed by atoms with Gasteiger partial charge in [-0.15, -0.1) is 0 Å². The number of rotatable bonds is 5. The lowest BCUT2D eigenvalue weighted by Gasteiger charge is -2.38. The quantitative estimate of drug-likeness (QED) is 0.335. The highest BCUT2D eigenvalue weighted by Crippen LogP contribution is 2.25. The van der Waals surface area contributed by atoms with Crippen LogP contribution in [0.5, 0.6) is 0 Å². The van der Waals surface area contributed by atoms with Crippen molar-refractivity contribution in [1.82, 2.24) is 25.3 Å². The Kier molecular flexibility index (Phi) is 11.3. The Morgan fingerprint density at radius 3 is 2.21 bits per heavy atom. The number of fused-ring (bicyclic) bond motifs is 1. The Labute approximate surface area is 248 Å². The molecule has 0 aromatic rings. The zero-order valence-electron chi connectivity index (χ0n) is 25.9. The number of epoxide rings is 1. The minimum Gasteiger partial charge on any atom is -0.452 e. The van der Waals surface area contributed by atoms with Crippen molar-refractivity contribution >= 4 is 35.5 Å². The van der Waals surface area contributed by atoms with E-state index in [-0.39, 0.29) is 37.3 Å². The number of amides is 5. The predicted octanol–water partition coefficient (Wildman–Crippen LogP) is 0.0588. The topological polar surface area (TPSA) is 158 Å². The normalized spacial score (nSPS) is 31.6. The third-order valence-electron chi connectivity index (χ3n) is 8.63. The van der Waals surface area contributed by atoms with Crippen molar-refractivity contribution in [3.05, 3.63) is 0 Å². The highest BCUT2D eigenvalue weighted by atomic mass is 16.6. The molecular weight excluding hydrogens is 546 g/mol. The molecule has 42 heavy (non-hydrogen) atoms. The van der Waals surface area contributed by atoms with E-state index in [1.165, 1.54) is 28.8 Å². The molecule has 0 spiro atoms. The number of carbonyl (C=O) groups excluding carboxylic acids is 6. The standard InChI is InChI=1S/C29H47N5O8/c1-8-17(4)23-28(39)33(7)24(16(2)3)29(40)32(6)18(5)25(36)30-12-11-22(35)42-21(14-19-15-41-19)27(38)34-13-9-10-20(34)26(37)31-23/h16-21,23-24H,8-15H2,1-7H3,(H,30,36)(H,31,37)/t17-,18-,19?,20-,21+,23-,24-/m0/s1. The molecule has 13 nitrogen and oxygen atoms in total. The van der Waals surface area contributed by atoms with Crippen molar-refractivity contribution in [3.8, 4) is 0 Å². The van der Waals surface area contributed by atoms with Gasteiger partial charge in [-0.05, 0) is 31.6 Å². The number of ether oxygens (including phenoxy) is 2. The highest BCUT2D eigenvalue weighted by molar-refractivity contribution is 5.96. The van der Waals surface area contributed by atoms with Gasteiger partial charge in [0, 0.05) is 33.6 Å². The predicted molar refractivity (Wildman–Crippen MR) is 152 cm³/mol. The SMILES string of the molecule is CC[C@H](C)[C@@H]1NC(=O)[C@@H]2CCCN2C(=O)[C@@H](CC2CO2)OC(=O)CCNC(=O)[C@H](C)N(C)C(=O)[C@H](C(C)C)N(C)C1=O. The second-order valence-corrected chi connectivity index (χ2v) is 12.0. The van der Waals surface area contributed by atoms with Gasteiger partial charge in [-0.1, -0.05) is 34.1 Å². The Morgan fingerprint density at radius 1 is 0.952 bits per heavy atom. The molecule has 13 heteroatoms. The van der Waals surface area contributed by atoms with Crippen LogP contribution >= 0.6 is 0 Å². The van der Waals surface area contributed by atoms with Gasteiger partial charge < -0.3 is 34.8 Å². The van der Waals surface area contributed by atoms with E-state index in [1.54, 1.807) is 6.92 Å². The van der Waals surface area contributed by atoms with Crippen LogP contribution in [0.3, 0.4) is 0 Å². The number of hydrogen-bond donors (Lipinski definition) is 2. The van der Waals surface area contributed by atoms with E-state index < -0.39 is 65.8 Å². The number of nitrogens with zero attached hydrogens (tertiary/aromatic N) is 3. The van der Waals surface area contributed by atoms with Gasteiger partial charge in [-0.3, -0.25) is 28.8 Å². The van der Waals surface area contributed by atoms with Gasteiger partial charge in [0.15, 0.2) is 6.10 Å². The Morgan fingerprint density at radius 2 is 1.62 bits per heavy atom. The number of esters is 1. The number of likely N-dealkylation sites (N-methyl/N-ethyl adjacent to an activating group) is 2. The molecule has 236 valence electrons. The van der Waals surface area contributed by atoms with Crippen LogP contribution in [0.25, 0.3) is 0 Å². The van der Waals surface area contributed by atoms with Gasteiger partial charge >= 0.3 is 5.97 Å². The first-order chi connectivity index (χ1) is 19.8. The Bertz CT molecular complexity index is 1050. The third kappa shape index (κ3) is 7.78. The molecule has 0 bridgehead atoms. The molecule has 5 amide bonds. The van der Waals surface area contributed by atoms with Gasteiger partial charge in [0.05, 0.1) is 19.1 Å². The van der Waals surface area contributed by atoms with Crippen molar-refractivity contribution in [1.29, 1.82) is 0 Å². The van der Waals surface area contributed by atoms with Gasteiger partial charge in [-0.2, -0.15) is 0 Å². The molecule has 3 fully saturated rings. The molecule has 0 aromatic heterocycles. The summed E-state index contributed by atoms with van der Waals surface area (Å²) in [5.74, 6) is -3.51. The second kappa shape index (κ2) is 14.3. The molecule has 3 rings (SSSR count). The molecule has 0 radical (unpaired) electrons. The van der Waals surface area contributed by atoms with E-state index in [0.29, 0.717) is 32.4 Å². The van der Waals surface area contributed by atoms with Crippen molar-refractivity contribution in [2.24, 2.45) is 11.8 Å². The van der Waals surface area contributed by atoms with E-state index in [2.05, 4.69) is 10.6 Å². The molecule has 0 aromatic carbocycles. The van der Waals surface area contributed by atoms with Crippen LogP contribution in [0.2, 0.25) is 0 Å². The minimum absolute atomic E-state index is 0.0534. The second-order valence-electron chi connectivity index (χ2n) is 12.0. The molecule has 2 N–H and O–H groups in total. The average molecular weight is 594 g/mol. The zero-order chi connectivity index (χ0) is 31.3. The van der Waals surface area contributed by atoms with Crippen molar-refractivity contribution in [3.63, 3.8) is 0 Å². The Hall–Kier alpha value is -3.22. The molecule has 0 aliphatic carbocycles. The van der Waals surface area contributed by atoms with Crippen LogP contribution in [-0.4, -0.2) is 120 Å². The van der Waals surface area contributed by atoms with Crippen LogP contribution in [0.15, 0.2) is 0 Å². The summed E-state index contributed by atoms with van der Waals surface area (Å²) in [7, 11) is 3.03. The fourth-order valence-corrected chi connectivity index (χ4v) is 5.55. The zero-order valence-corrected chi connectivity index (χ0v) is 25.9. The van der Waals surface area contributed by atoms with Gasteiger partial charge in [0.2, 0.25) is 23.6 Å². The minimum atomic E-state index is -1.14. The maximum atomic E-state index is 13.9. The van der Waals surface area contributed by atoms with Crippen LogP contribution in [0.4, 0.5) is 0 Å². The summed E-state index contributed by atoms with van der Waals surface area (Å²) in [6, 6.07) is -3.56. The summed E-state index contributed by atoms with van der Waals surface area (Å²) < 4.78 is 10.8. The number of cyclic esters (lactones) is 1. The van der Waals surface area contributed by atoms with Crippen LogP contribution < -0.4 is 10.6 Å². The van der Waals surface area contributed by atoms with Crippen molar-refractivity contribution in [2.45, 2.75) is 103 Å². The fraction of sp³-hybridized carbons (Fsp3) is 0.793. The third-order valence-corrected chi connectivity index (χ3v) is 8.63. The maximum Gasteiger partial charge on any atom is 0.308 e. The number of carbonyl (C=O) groups is 6. The number of nitrogens with one attached hydrogen (secondary N) is 2. The first-order valence-electron chi connectivity index (χ1n) is 15.0. The molecule has 3 aliphatic rings. The Balaban J connectivity index is 1.98. The monoisotopic (exact) mass is 593 g/mol. The first-order valence-corrected chi connectivity index (χ1v) is 15.0. The van der Waals surface area contributed by atoms with E-state index in [1.807, 2.05) is 27.7 Å². The highest BCUT2D eigenvalue weighted by Gasteiger charge is 2.44. The summed E-state index contributed by atoms with van der Waals surface area (Å²) in [6.45, 7) is 9.65. The van der Waals surface area contributed by atoms with Gasteiger partial charge in [0.1, 0.15) is 24.2 Å². The van der Waals surface area contributed by atoms with Gasteiger partial charge in [-0.25, -0.2) is 0 Å². The van der Waals surface area contributed by atoms with E-state index in [4.69, 9.17) is 9.47 Å². The van der Waals surface area contributed by atoms with Crippen LogP contribution in [0, 0.1) is 11.8 Å². The fourth-order valence-electron chi connectivity index (χ4n) is 5.55. The lowest BCUT2D eigenvalue weighted by atomic mass is 9.94. The van der Waals surface area contributed by atoms with E-state index in [0.717, 1.165) is 0 Å². The maximum absolute atomic E-state index is 13.9. The first kappa shape index (κ1) is 33.3. The lowest BCUT2D eigenvalue weighted by Crippen LogP contribution is -2.60. The van der Waals surface area contributed by atoms with Crippen molar-refractivity contribution in [2.75, 3.05) is 33.8 Å². The molecule has 7 atom stereocenters. The molecule has 0 saturated carbocycles. The molecule has 1 unspecified atom stereocenters. The van der Waals surface area contributed by atoms with E-state index in [9.17, 15) is 28.8 Å². The summed E-state index contributed by atoms with van der Waals surface area (Å²) in [6.07, 6.45) is 0.190. The summed E-state index contributed by atoms with van der Waals surface area (Å²) in [5, 5.41) is 5.54. The van der Waals surface area contributed by atoms with Crippen LogP contribution in [0.1, 0.15) is 66.7 Å². The molecule has 3 aliphatic heterocycles. The molecular formula is C29H47N5O8. The number of hydrogen-bond acceptors (Lipinski definition) is 8. The van der Waals surface area contributed by atoms with Crippen LogP contribution in [-0.2, 0) is 38.2 Å². The largest absolute Gasteiger partial charge is 0.452 e. The average Bonchev–Trinajstić information content (AvgIpc) is 3.63. The molecule has 3 heterocycles. The van der Waals surface area contributed by atoms with Gasteiger partial charge in [0.25, 0.3) is 5.91 Å². The van der Waals surface area contributed by atoms with Crippen molar-refractivity contribution < 1.29 is 38.2 Å². The molecule has 3 saturated heterocycles. The summed E-state index contributed by atoms with van der Waals surface area (Å²) in [5.41, 5.74) is 0. The van der Waals surface area contributed by atoms with E-state index >= 15 is 0 Å². The summed E-state index contributed by atoms with van der Waals surface area (Å²) in [4.78, 5) is 84.5. The smallest absolute Gasteiger partial charge is 0.308 e. The summed E-state index contributed by atoms with van der Waals surface area (Å²) >= 11 is 0.